The molecule has 0 atom stereocenters. The molecular weight excluding hydrogens is 224 g/mol. The van der Waals surface area contributed by atoms with E-state index in [0.29, 0.717) is 11.8 Å². The molecule has 2 aliphatic carbocycles. The van der Waals surface area contributed by atoms with Gasteiger partial charge in [0.05, 0.1) is 0 Å². The van der Waals surface area contributed by atoms with Crippen molar-refractivity contribution in [1.29, 1.82) is 0 Å². The molecule has 3 heteroatoms. The van der Waals surface area contributed by atoms with Crippen molar-refractivity contribution in [3.63, 3.8) is 0 Å². The van der Waals surface area contributed by atoms with Crippen LogP contribution in [0.1, 0.15) is 44.9 Å². The molecule has 0 aromatic heterocycles. The number of hydrogen-bond donors (Lipinski definition) is 1. The van der Waals surface area contributed by atoms with Crippen molar-refractivity contribution in [1.82, 2.24) is 10.2 Å². The van der Waals surface area contributed by atoms with Gasteiger partial charge in [-0.3, -0.25) is 4.79 Å². The molecule has 1 amide bonds. The number of piperidine rings is 1. The van der Waals surface area contributed by atoms with Gasteiger partial charge in [0.25, 0.3) is 0 Å². The Morgan fingerprint density at radius 3 is 1.94 bits per heavy atom. The van der Waals surface area contributed by atoms with Crippen LogP contribution in [0.15, 0.2) is 0 Å². The predicted molar refractivity (Wildman–Crippen MR) is 72.2 cm³/mol. The summed E-state index contributed by atoms with van der Waals surface area (Å²) in [4.78, 5) is 14.6. The Hall–Kier alpha value is -0.570. The first-order valence-corrected chi connectivity index (χ1v) is 7.80. The molecular formula is C15H26N2O. The Morgan fingerprint density at radius 1 is 0.889 bits per heavy atom. The molecule has 2 saturated carbocycles. The van der Waals surface area contributed by atoms with Gasteiger partial charge >= 0.3 is 0 Å². The minimum atomic E-state index is 0.445. The van der Waals surface area contributed by atoms with Crippen LogP contribution in [-0.4, -0.2) is 37.0 Å². The first-order valence-electron chi connectivity index (χ1n) is 7.80. The SMILES string of the molecule is O=C(CC1CCNCC1)N(CC1CC1)CC1CC1. The van der Waals surface area contributed by atoms with Crippen LogP contribution in [0, 0.1) is 17.8 Å². The number of rotatable bonds is 6. The number of nitrogens with one attached hydrogen (secondary N) is 1. The van der Waals surface area contributed by atoms with E-state index in [0.717, 1.165) is 44.4 Å². The standard InChI is InChI=1S/C15H26N2O/c18-15(9-12-5-7-16-8-6-12)17(10-13-1-2-13)11-14-3-4-14/h12-14,16H,1-11H2. The van der Waals surface area contributed by atoms with Crippen molar-refractivity contribution in [3.05, 3.63) is 0 Å². The molecule has 1 saturated heterocycles. The smallest absolute Gasteiger partial charge is 0.222 e. The van der Waals surface area contributed by atoms with E-state index in [1.807, 2.05) is 0 Å². The van der Waals surface area contributed by atoms with Crippen LogP contribution < -0.4 is 5.32 Å². The van der Waals surface area contributed by atoms with Crippen LogP contribution in [0.3, 0.4) is 0 Å². The van der Waals surface area contributed by atoms with Crippen molar-refractivity contribution >= 4 is 5.91 Å². The summed E-state index contributed by atoms with van der Waals surface area (Å²) >= 11 is 0. The van der Waals surface area contributed by atoms with Crippen molar-refractivity contribution in [2.45, 2.75) is 44.9 Å². The zero-order valence-electron chi connectivity index (χ0n) is 11.4. The molecule has 0 unspecified atom stereocenters. The van der Waals surface area contributed by atoms with Crippen molar-refractivity contribution in [2.24, 2.45) is 17.8 Å². The maximum absolute atomic E-state index is 12.4. The third kappa shape index (κ3) is 3.71. The van der Waals surface area contributed by atoms with Crippen molar-refractivity contribution < 1.29 is 4.79 Å². The third-order valence-electron chi connectivity index (χ3n) is 4.63. The molecule has 1 heterocycles. The van der Waals surface area contributed by atoms with Crippen molar-refractivity contribution in [2.75, 3.05) is 26.2 Å². The Kier molecular flexibility index (Phi) is 3.88. The maximum Gasteiger partial charge on any atom is 0.222 e. The third-order valence-corrected chi connectivity index (χ3v) is 4.63. The van der Waals surface area contributed by atoms with Gasteiger partial charge in [-0.1, -0.05) is 0 Å². The van der Waals surface area contributed by atoms with E-state index in [1.165, 1.54) is 38.5 Å². The van der Waals surface area contributed by atoms with E-state index >= 15 is 0 Å². The van der Waals surface area contributed by atoms with E-state index < -0.39 is 0 Å². The number of amides is 1. The number of carbonyl (C=O) groups excluding carboxylic acids is 1. The largest absolute Gasteiger partial charge is 0.342 e. The molecule has 18 heavy (non-hydrogen) atoms. The second-order valence-electron chi connectivity index (χ2n) is 6.58. The lowest BCUT2D eigenvalue weighted by molar-refractivity contribution is -0.133. The van der Waals surface area contributed by atoms with E-state index in [4.69, 9.17) is 0 Å². The Labute approximate surface area is 110 Å². The average molecular weight is 250 g/mol. The molecule has 3 rings (SSSR count). The molecule has 0 aromatic rings. The second-order valence-corrected chi connectivity index (χ2v) is 6.58. The van der Waals surface area contributed by atoms with E-state index in [-0.39, 0.29) is 0 Å². The quantitative estimate of drug-likeness (QED) is 0.782. The van der Waals surface area contributed by atoms with Crippen LogP contribution >= 0.6 is 0 Å². The van der Waals surface area contributed by atoms with E-state index in [2.05, 4.69) is 10.2 Å². The minimum Gasteiger partial charge on any atom is -0.342 e. The summed E-state index contributed by atoms with van der Waals surface area (Å²) in [6, 6.07) is 0. The van der Waals surface area contributed by atoms with Crippen LogP contribution in [0.5, 0.6) is 0 Å². The van der Waals surface area contributed by atoms with Gasteiger partial charge in [0.1, 0.15) is 0 Å². The van der Waals surface area contributed by atoms with Crippen LogP contribution in [-0.2, 0) is 4.79 Å². The summed E-state index contributed by atoms with van der Waals surface area (Å²) in [6.45, 7) is 4.31. The normalized spacial score (nSPS) is 25.1. The molecule has 0 spiro atoms. The van der Waals surface area contributed by atoms with Gasteiger partial charge in [0, 0.05) is 19.5 Å². The van der Waals surface area contributed by atoms with E-state index in [9.17, 15) is 4.79 Å². The number of hydrogen-bond acceptors (Lipinski definition) is 2. The highest BCUT2D eigenvalue weighted by atomic mass is 16.2. The summed E-state index contributed by atoms with van der Waals surface area (Å²) in [7, 11) is 0. The highest BCUT2D eigenvalue weighted by Gasteiger charge is 2.32. The van der Waals surface area contributed by atoms with Gasteiger partial charge in [-0.25, -0.2) is 0 Å². The first-order chi connectivity index (χ1) is 8.81. The molecule has 0 aromatic carbocycles. The molecule has 3 fully saturated rings. The summed E-state index contributed by atoms with van der Waals surface area (Å²) in [6.07, 6.45) is 8.58. The number of nitrogens with zero attached hydrogens (tertiary/aromatic N) is 1. The van der Waals surface area contributed by atoms with Gasteiger partial charge in [-0.2, -0.15) is 0 Å². The Morgan fingerprint density at radius 2 is 1.44 bits per heavy atom. The highest BCUT2D eigenvalue weighted by molar-refractivity contribution is 5.76. The lowest BCUT2D eigenvalue weighted by Gasteiger charge is -2.27. The molecule has 3 aliphatic rings. The zero-order chi connectivity index (χ0) is 12.4. The van der Waals surface area contributed by atoms with Gasteiger partial charge < -0.3 is 10.2 Å². The Bertz CT molecular complexity index is 277. The Balaban J connectivity index is 1.48. The van der Waals surface area contributed by atoms with E-state index in [1.54, 1.807) is 0 Å². The minimum absolute atomic E-state index is 0.445. The fraction of sp³-hybridized carbons (Fsp3) is 0.933. The van der Waals surface area contributed by atoms with Gasteiger partial charge in [-0.15, -0.1) is 0 Å². The van der Waals surface area contributed by atoms with Crippen molar-refractivity contribution in [3.8, 4) is 0 Å². The van der Waals surface area contributed by atoms with Gasteiger partial charge in [-0.05, 0) is 69.4 Å². The van der Waals surface area contributed by atoms with Gasteiger partial charge in [0.15, 0.2) is 0 Å². The zero-order valence-corrected chi connectivity index (χ0v) is 11.4. The summed E-state index contributed by atoms with van der Waals surface area (Å²) in [5, 5.41) is 3.38. The highest BCUT2D eigenvalue weighted by Crippen LogP contribution is 2.34. The maximum atomic E-state index is 12.4. The van der Waals surface area contributed by atoms with Gasteiger partial charge in [0.2, 0.25) is 5.91 Å². The molecule has 3 nitrogen and oxygen atoms in total. The topological polar surface area (TPSA) is 32.3 Å². The lowest BCUT2D eigenvalue weighted by atomic mass is 9.94. The summed E-state index contributed by atoms with van der Waals surface area (Å²) in [5.74, 6) is 2.75. The second kappa shape index (κ2) is 5.60. The molecule has 1 N–H and O–H groups in total. The molecule has 1 aliphatic heterocycles. The predicted octanol–water partition coefficient (Wildman–Crippen LogP) is 2.02. The van der Waals surface area contributed by atoms with Crippen LogP contribution in [0.25, 0.3) is 0 Å². The van der Waals surface area contributed by atoms with Crippen LogP contribution in [0.4, 0.5) is 0 Å². The summed E-state index contributed by atoms with van der Waals surface area (Å²) in [5.41, 5.74) is 0. The average Bonchev–Trinajstić information content (AvgIpc) is 3.24. The fourth-order valence-electron chi connectivity index (χ4n) is 2.96. The monoisotopic (exact) mass is 250 g/mol. The first kappa shape index (κ1) is 12.5. The number of carbonyl (C=O) groups is 1. The molecule has 0 bridgehead atoms. The molecule has 0 radical (unpaired) electrons. The summed E-state index contributed by atoms with van der Waals surface area (Å²) < 4.78 is 0. The fourth-order valence-corrected chi connectivity index (χ4v) is 2.96. The van der Waals surface area contributed by atoms with Crippen LogP contribution in [0.2, 0.25) is 0 Å². The molecule has 102 valence electrons. The lowest BCUT2D eigenvalue weighted by Crippen LogP contribution is -2.37.